The van der Waals surface area contributed by atoms with E-state index in [0.717, 1.165) is 11.1 Å². The van der Waals surface area contributed by atoms with Crippen LogP contribution in [-0.4, -0.2) is 0 Å². The first kappa shape index (κ1) is 21.6. The van der Waals surface area contributed by atoms with Crippen molar-refractivity contribution in [3.8, 4) is 0 Å². The second kappa shape index (κ2) is 8.14. The second-order valence-corrected chi connectivity index (χ2v) is 19.3. The Kier molecular flexibility index (Phi) is 7.33. The van der Waals surface area contributed by atoms with Gasteiger partial charge in [-0.2, -0.15) is 0 Å². The molecule has 0 saturated heterocycles. The lowest BCUT2D eigenvalue weighted by atomic mass is 9.85. The summed E-state index contributed by atoms with van der Waals surface area (Å²) in [6.45, 7) is 6.60. The van der Waals surface area contributed by atoms with Crippen molar-refractivity contribution < 1.29 is 0 Å². The van der Waals surface area contributed by atoms with Crippen LogP contribution in [0.3, 0.4) is 0 Å². The van der Waals surface area contributed by atoms with E-state index in [2.05, 4.69) is 153 Å². The highest BCUT2D eigenvalue weighted by atomic mass is 80.0. The average Bonchev–Trinajstić information content (AvgIpc) is 2.47. The maximum absolute atomic E-state index is 3.73. The Morgan fingerprint density at radius 1 is 0.750 bits per heavy atom. The molecule has 0 heterocycles. The molecule has 0 aromatic heterocycles. The van der Waals surface area contributed by atoms with Crippen LogP contribution in [-0.2, 0) is 4.29 Å². The molecule has 1 atom stereocenters. The molecule has 0 amide bonds. The quantitative estimate of drug-likeness (QED) is 0.273. The Balaban J connectivity index is 2.73. The Morgan fingerprint density at radius 3 is 1.83 bits per heavy atom. The Morgan fingerprint density at radius 2 is 1.29 bits per heavy atom. The van der Waals surface area contributed by atoms with Crippen LogP contribution in [0.15, 0.2) is 36.4 Å². The van der Waals surface area contributed by atoms with E-state index in [1.54, 1.807) is 0 Å². The Hall–Kier alpha value is 1.32. The summed E-state index contributed by atoms with van der Waals surface area (Å²) >= 11 is 22.2. The third-order valence-electron chi connectivity index (χ3n) is 4.27. The smallest absolute Gasteiger partial charge is 0.0617 e. The van der Waals surface area contributed by atoms with Crippen LogP contribution in [0.25, 0.3) is 0 Å². The highest BCUT2D eigenvalue weighted by Gasteiger charge is 2.35. The lowest BCUT2D eigenvalue weighted by Crippen LogP contribution is -2.15. The summed E-state index contributed by atoms with van der Waals surface area (Å²) in [5.74, 6) is 0.252. The van der Waals surface area contributed by atoms with Gasteiger partial charge < -0.3 is 0 Å². The predicted octanol–water partition coefficient (Wildman–Crippen LogP) is 9.05. The van der Waals surface area contributed by atoms with Crippen molar-refractivity contribution in [2.24, 2.45) is 0 Å². The van der Waals surface area contributed by atoms with Crippen LogP contribution < -0.4 is 0 Å². The third kappa shape index (κ3) is 4.78. The molecule has 1 unspecified atom stereocenters. The molecule has 0 N–H and O–H groups in total. The van der Waals surface area contributed by atoms with E-state index >= 15 is 0 Å². The van der Waals surface area contributed by atoms with Crippen LogP contribution in [0.4, 0.5) is 0 Å². The number of rotatable bonds is 2. The van der Waals surface area contributed by atoms with E-state index in [-0.39, 0.29) is 5.92 Å². The molecule has 2 aromatic carbocycles. The lowest BCUT2D eigenvalue weighted by Gasteiger charge is -2.29. The molecule has 2 aromatic rings. The van der Waals surface area contributed by atoms with Gasteiger partial charge in [0.15, 0.2) is 4.29 Å². The van der Waals surface area contributed by atoms with Crippen LogP contribution in [0.2, 0.25) is 0 Å². The highest BCUT2D eigenvalue weighted by molar-refractivity contribution is 9.39. The molecule has 0 aliphatic carbocycles. The molecule has 2 rings (SSSR count). The summed E-state index contributed by atoms with van der Waals surface area (Å²) in [4.78, 5) is 0. The van der Waals surface area contributed by atoms with Crippen LogP contribution in [0.1, 0.15) is 46.2 Å². The molecule has 0 aliphatic heterocycles. The number of hydrogen-bond donors (Lipinski definition) is 0. The molecule has 0 saturated carbocycles. The Labute approximate surface area is 194 Å². The van der Waals surface area contributed by atoms with E-state index in [4.69, 9.17) is 0 Å². The number of hydrogen-bond acceptors (Lipinski definition) is 0. The molecule has 6 heteroatoms. The van der Waals surface area contributed by atoms with E-state index < -0.39 is 4.29 Å². The number of benzene rings is 2. The Bertz CT molecular complexity index is 740. The van der Waals surface area contributed by atoms with Gasteiger partial charge in [-0.05, 0) is 41.7 Å². The monoisotopic (exact) mass is 706 g/mol. The van der Waals surface area contributed by atoms with Crippen LogP contribution >= 0.6 is 95.6 Å². The third-order valence-corrected chi connectivity index (χ3v) is 6.74. The van der Waals surface area contributed by atoms with Crippen molar-refractivity contribution in [1.82, 2.24) is 0 Å². The SMILES string of the molecule is Cc1cccc(C(C)c2cccc(C(Br)(Br)Br)c2C(Br)(Br)Br)c1C. The van der Waals surface area contributed by atoms with Crippen molar-refractivity contribution in [2.75, 3.05) is 0 Å². The average molecular weight is 712 g/mol. The van der Waals surface area contributed by atoms with E-state index in [1.165, 1.54) is 22.3 Å². The molecule has 0 radical (unpaired) electrons. The van der Waals surface area contributed by atoms with E-state index in [9.17, 15) is 0 Å². The van der Waals surface area contributed by atoms with E-state index in [1.807, 2.05) is 0 Å². The van der Waals surface area contributed by atoms with Gasteiger partial charge in [0.1, 0.15) is 0 Å². The molecular formula is C18H16Br6. The fourth-order valence-corrected chi connectivity index (χ4v) is 5.21. The molecule has 0 spiro atoms. The first-order valence-electron chi connectivity index (χ1n) is 7.28. The van der Waals surface area contributed by atoms with Gasteiger partial charge in [-0.15, -0.1) is 0 Å². The minimum Gasteiger partial charge on any atom is -0.0617 e. The van der Waals surface area contributed by atoms with Crippen molar-refractivity contribution in [3.63, 3.8) is 0 Å². The van der Waals surface area contributed by atoms with Gasteiger partial charge in [0.2, 0.25) is 0 Å². The molecule has 0 aliphatic rings. The van der Waals surface area contributed by atoms with Gasteiger partial charge in [-0.1, -0.05) is 139 Å². The normalized spacial score (nSPS) is 13.9. The molecular weight excluding hydrogens is 696 g/mol. The lowest BCUT2D eigenvalue weighted by molar-refractivity contribution is 0.886. The number of aryl methyl sites for hydroxylation is 1. The number of alkyl halides is 6. The summed E-state index contributed by atoms with van der Waals surface area (Å²) in [7, 11) is 0. The molecule has 0 nitrogen and oxygen atoms in total. The van der Waals surface area contributed by atoms with Gasteiger partial charge in [-0.25, -0.2) is 0 Å². The minimum absolute atomic E-state index is 0.252. The maximum atomic E-state index is 3.73. The molecule has 0 fully saturated rings. The van der Waals surface area contributed by atoms with Gasteiger partial charge in [0.25, 0.3) is 0 Å². The minimum atomic E-state index is -0.522. The van der Waals surface area contributed by atoms with Gasteiger partial charge in [0, 0.05) is 11.5 Å². The van der Waals surface area contributed by atoms with Gasteiger partial charge in [-0.3, -0.25) is 0 Å². The van der Waals surface area contributed by atoms with E-state index in [0.29, 0.717) is 0 Å². The van der Waals surface area contributed by atoms with Gasteiger partial charge in [0.05, 0.1) is 0 Å². The first-order chi connectivity index (χ1) is 10.9. The van der Waals surface area contributed by atoms with Crippen molar-refractivity contribution in [3.05, 3.63) is 69.8 Å². The standard InChI is InChI=1S/C18H16Br6/c1-10-6-4-7-13(11(10)2)12(3)14-8-5-9-15(17(19,20)21)16(14)18(22,23)24/h4-9,12H,1-3H3. The molecule has 130 valence electrons. The molecule has 24 heavy (non-hydrogen) atoms. The van der Waals surface area contributed by atoms with Crippen molar-refractivity contribution >= 4 is 95.6 Å². The fraction of sp³-hybridized carbons (Fsp3) is 0.333. The van der Waals surface area contributed by atoms with Crippen LogP contribution in [0.5, 0.6) is 0 Å². The zero-order valence-electron chi connectivity index (χ0n) is 13.3. The maximum Gasteiger partial charge on any atom is 0.160 e. The summed E-state index contributed by atoms with van der Waals surface area (Å²) in [6, 6.07) is 12.9. The summed E-state index contributed by atoms with van der Waals surface area (Å²) in [5, 5.41) is 0. The summed E-state index contributed by atoms with van der Waals surface area (Å²) < 4.78 is -1.02. The second-order valence-electron chi connectivity index (χ2n) is 5.78. The first-order valence-corrected chi connectivity index (χ1v) is 12.0. The highest BCUT2D eigenvalue weighted by Crippen LogP contribution is 2.55. The topological polar surface area (TPSA) is 0 Å². The summed E-state index contributed by atoms with van der Waals surface area (Å²) in [6.07, 6.45) is 0. The zero-order chi connectivity index (χ0) is 18.3. The van der Waals surface area contributed by atoms with Gasteiger partial charge >= 0.3 is 0 Å². The zero-order valence-corrected chi connectivity index (χ0v) is 22.8. The number of halogens is 6. The summed E-state index contributed by atoms with van der Waals surface area (Å²) in [5.41, 5.74) is 7.46. The fourth-order valence-electron chi connectivity index (χ4n) is 2.89. The van der Waals surface area contributed by atoms with Crippen molar-refractivity contribution in [1.29, 1.82) is 0 Å². The molecule has 0 bridgehead atoms. The predicted molar refractivity (Wildman–Crippen MR) is 127 cm³/mol. The largest absolute Gasteiger partial charge is 0.160 e. The van der Waals surface area contributed by atoms with Crippen LogP contribution in [0, 0.1) is 13.8 Å². The van der Waals surface area contributed by atoms with Crippen molar-refractivity contribution in [2.45, 2.75) is 31.0 Å².